The van der Waals surface area contributed by atoms with Gasteiger partial charge in [0.15, 0.2) is 0 Å². The van der Waals surface area contributed by atoms with Crippen LogP contribution >= 0.6 is 0 Å². The maximum absolute atomic E-state index is 13.3. The summed E-state index contributed by atoms with van der Waals surface area (Å²) in [6, 6.07) is 17.2. The Hall–Kier alpha value is -1.71. The molecule has 2 aromatic rings. The summed E-state index contributed by atoms with van der Waals surface area (Å²) in [5.74, 6) is -0.197. The van der Waals surface area contributed by atoms with Gasteiger partial charge in [-0.15, -0.1) is 0 Å². The van der Waals surface area contributed by atoms with Crippen LogP contribution in [0.5, 0.6) is 0 Å². The molecular weight excluding hydrogens is 265 g/mol. The zero-order chi connectivity index (χ0) is 14.5. The minimum absolute atomic E-state index is 0.0229. The van der Waals surface area contributed by atoms with Crippen LogP contribution in [0.25, 0.3) is 0 Å². The molecule has 0 saturated carbocycles. The maximum atomic E-state index is 13.3. The highest BCUT2D eigenvalue weighted by Crippen LogP contribution is 2.22. The molecule has 0 spiro atoms. The molecule has 0 radical (unpaired) electrons. The van der Waals surface area contributed by atoms with Gasteiger partial charge in [0.2, 0.25) is 0 Å². The Labute approximate surface area is 125 Å². The molecule has 1 heterocycles. The van der Waals surface area contributed by atoms with Crippen LogP contribution in [0.3, 0.4) is 0 Å². The number of hydrogen-bond donors (Lipinski definition) is 0. The quantitative estimate of drug-likeness (QED) is 0.853. The van der Waals surface area contributed by atoms with E-state index < -0.39 is 0 Å². The summed E-state index contributed by atoms with van der Waals surface area (Å²) in [7, 11) is 0. The lowest BCUT2D eigenvalue weighted by Gasteiger charge is -2.33. The van der Waals surface area contributed by atoms with Crippen molar-refractivity contribution in [3.8, 4) is 0 Å². The van der Waals surface area contributed by atoms with Crippen molar-refractivity contribution in [2.45, 2.75) is 12.5 Å². The lowest BCUT2D eigenvalue weighted by Crippen LogP contribution is -2.39. The van der Waals surface area contributed by atoms with Crippen LogP contribution in [-0.4, -0.2) is 31.1 Å². The highest BCUT2D eigenvalue weighted by molar-refractivity contribution is 5.20. The molecule has 0 bridgehead atoms. The maximum Gasteiger partial charge on any atom is 0.123 e. The van der Waals surface area contributed by atoms with Crippen LogP contribution in [0.4, 0.5) is 4.39 Å². The number of hydrogen-bond acceptors (Lipinski definition) is 2. The Morgan fingerprint density at radius 1 is 1.10 bits per heavy atom. The van der Waals surface area contributed by atoms with Crippen molar-refractivity contribution in [1.29, 1.82) is 0 Å². The van der Waals surface area contributed by atoms with Crippen LogP contribution in [0.15, 0.2) is 54.6 Å². The van der Waals surface area contributed by atoms with E-state index in [1.165, 1.54) is 11.6 Å². The smallest absolute Gasteiger partial charge is 0.123 e. The lowest BCUT2D eigenvalue weighted by atomic mass is 10.1. The fraction of sp³-hybridized carbons (Fsp3) is 0.333. The summed E-state index contributed by atoms with van der Waals surface area (Å²) in [6.07, 6.45) is 1.02. The second kappa shape index (κ2) is 6.83. The normalized spacial score (nSPS) is 19.6. The molecule has 2 nitrogen and oxygen atoms in total. The largest absolute Gasteiger partial charge is 0.371 e. The van der Waals surface area contributed by atoms with E-state index in [0.29, 0.717) is 6.61 Å². The summed E-state index contributed by atoms with van der Waals surface area (Å²) in [6.45, 7) is 3.49. The summed E-state index contributed by atoms with van der Waals surface area (Å²) >= 11 is 0. The van der Waals surface area contributed by atoms with E-state index in [1.54, 1.807) is 12.1 Å². The zero-order valence-corrected chi connectivity index (χ0v) is 12.0. The number of morpholine rings is 1. The van der Waals surface area contributed by atoms with Crippen molar-refractivity contribution < 1.29 is 9.13 Å². The minimum Gasteiger partial charge on any atom is -0.371 e. The molecule has 2 aromatic carbocycles. The van der Waals surface area contributed by atoms with E-state index >= 15 is 0 Å². The number of halogens is 1. The third-order valence-corrected chi connectivity index (χ3v) is 3.93. The Morgan fingerprint density at radius 2 is 1.95 bits per heavy atom. The van der Waals surface area contributed by atoms with Crippen molar-refractivity contribution >= 4 is 0 Å². The lowest BCUT2D eigenvalue weighted by molar-refractivity contribution is -0.0296. The van der Waals surface area contributed by atoms with E-state index in [2.05, 4.69) is 29.2 Å². The van der Waals surface area contributed by atoms with Gasteiger partial charge in [-0.3, -0.25) is 4.90 Å². The third-order valence-electron chi connectivity index (χ3n) is 3.93. The molecule has 0 amide bonds. The van der Waals surface area contributed by atoms with Gasteiger partial charge in [0.05, 0.1) is 12.7 Å². The first-order valence-electron chi connectivity index (χ1n) is 7.44. The average Bonchev–Trinajstić information content (AvgIpc) is 2.54. The Balaban J connectivity index is 1.58. The first-order chi connectivity index (χ1) is 10.3. The van der Waals surface area contributed by atoms with Gasteiger partial charge in [0.25, 0.3) is 0 Å². The van der Waals surface area contributed by atoms with Crippen molar-refractivity contribution in [2.75, 3.05) is 26.2 Å². The monoisotopic (exact) mass is 285 g/mol. The first kappa shape index (κ1) is 14.2. The van der Waals surface area contributed by atoms with Gasteiger partial charge in [-0.1, -0.05) is 42.5 Å². The topological polar surface area (TPSA) is 12.5 Å². The van der Waals surface area contributed by atoms with Crippen molar-refractivity contribution in [2.24, 2.45) is 0 Å². The second-order valence-corrected chi connectivity index (χ2v) is 5.45. The minimum atomic E-state index is -0.197. The van der Waals surface area contributed by atoms with Gasteiger partial charge in [0, 0.05) is 19.6 Å². The highest BCUT2D eigenvalue weighted by Gasteiger charge is 2.21. The van der Waals surface area contributed by atoms with E-state index in [0.717, 1.165) is 31.6 Å². The van der Waals surface area contributed by atoms with E-state index in [1.807, 2.05) is 12.1 Å². The van der Waals surface area contributed by atoms with E-state index in [4.69, 9.17) is 4.74 Å². The Bertz CT molecular complexity index is 572. The van der Waals surface area contributed by atoms with Crippen molar-refractivity contribution in [3.63, 3.8) is 0 Å². The fourth-order valence-corrected chi connectivity index (χ4v) is 2.75. The standard InChI is InChI=1S/C18H20FNO/c19-17-8-4-7-16(13-17)18-14-20(11-12-21-18)10-9-15-5-2-1-3-6-15/h1-8,13,18H,9-12,14H2. The third kappa shape index (κ3) is 3.90. The molecule has 110 valence electrons. The predicted molar refractivity (Wildman–Crippen MR) is 81.7 cm³/mol. The van der Waals surface area contributed by atoms with E-state index in [-0.39, 0.29) is 11.9 Å². The van der Waals surface area contributed by atoms with Crippen LogP contribution < -0.4 is 0 Å². The second-order valence-electron chi connectivity index (χ2n) is 5.45. The van der Waals surface area contributed by atoms with Gasteiger partial charge in [0.1, 0.15) is 5.82 Å². The van der Waals surface area contributed by atoms with Gasteiger partial charge in [-0.05, 0) is 29.7 Å². The highest BCUT2D eigenvalue weighted by atomic mass is 19.1. The predicted octanol–water partition coefficient (Wildman–Crippen LogP) is 3.44. The van der Waals surface area contributed by atoms with Crippen molar-refractivity contribution in [3.05, 3.63) is 71.5 Å². The summed E-state index contributed by atoms with van der Waals surface area (Å²) in [4.78, 5) is 2.39. The van der Waals surface area contributed by atoms with Gasteiger partial charge in [-0.2, -0.15) is 0 Å². The van der Waals surface area contributed by atoms with Crippen LogP contribution in [-0.2, 0) is 11.2 Å². The molecule has 1 saturated heterocycles. The number of ether oxygens (including phenoxy) is 1. The molecule has 1 aliphatic rings. The molecule has 0 aliphatic carbocycles. The van der Waals surface area contributed by atoms with Crippen LogP contribution in [0.2, 0.25) is 0 Å². The summed E-state index contributed by atoms with van der Waals surface area (Å²) in [5.41, 5.74) is 2.28. The molecule has 0 aromatic heterocycles. The van der Waals surface area contributed by atoms with Crippen LogP contribution in [0, 0.1) is 5.82 Å². The van der Waals surface area contributed by atoms with Crippen molar-refractivity contribution in [1.82, 2.24) is 4.90 Å². The Kier molecular flexibility index (Phi) is 4.63. The molecule has 1 unspecified atom stereocenters. The average molecular weight is 285 g/mol. The van der Waals surface area contributed by atoms with Crippen LogP contribution in [0.1, 0.15) is 17.2 Å². The van der Waals surface area contributed by atoms with E-state index in [9.17, 15) is 4.39 Å². The molecule has 21 heavy (non-hydrogen) atoms. The first-order valence-corrected chi connectivity index (χ1v) is 7.44. The van der Waals surface area contributed by atoms with Gasteiger partial charge >= 0.3 is 0 Å². The van der Waals surface area contributed by atoms with Gasteiger partial charge in [-0.25, -0.2) is 4.39 Å². The Morgan fingerprint density at radius 3 is 2.76 bits per heavy atom. The molecule has 3 rings (SSSR count). The molecule has 0 N–H and O–H groups in total. The number of benzene rings is 2. The SMILES string of the molecule is Fc1cccc(C2CN(CCc3ccccc3)CCO2)c1. The summed E-state index contributed by atoms with van der Waals surface area (Å²) < 4.78 is 19.1. The van der Waals surface area contributed by atoms with Gasteiger partial charge < -0.3 is 4.74 Å². The fourth-order valence-electron chi connectivity index (χ4n) is 2.75. The number of nitrogens with zero attached hydrogens (tertiary/aromatic N) is 1. The molecule has 1 atom stereocenters. The molecule has 3 heteroatoms. The summed E-state index contributed by atoms with van der Waals surface area (Å²) in [5, 5.41) is 0. The molecule has 1 aliphatic heterocycles. The zero-order valence-electron chi connectivity index (χ0n) is 12.0. The molecule has 1 fully saturated rings. The molecular formula is C18H20FNO. The number of rotatable bonds is 4.